The molecular formula is C10H10BrNO3. The van der Waals surface area contributed by atoms with Gasteiger partial charge >= 0.3 is 5.97 Å². The Kier molecular flexibility index (Phi) is 4.30. The Bertz CT molecular complexity index is 390. The topological polar surface area (TPSA) is 58.9 Å². The zero-order valence-electron chi connectivity index (χ0n) is 8.11. The molecule has 0 bridgehead atoms. The fourth-order valence-corrected chi connectivity index (χ4v) is 1.66. The summed E-state index contributed by atoms with van der Waals surface area (Å²) in [5.41, 5.74) is 1.33. The Balaban J connectivity index is 3.18. The fraction of sp³-hybridized carbons (Fsp3) is 0.200. The van der Waals surface area contributed by atoms with Gasteiger partial charge in [-0.3, -0.25) is 0 Å². The quantitative estimate of drug-likeness (QED) is 0.301. The highest BCUT2D eigenvalue weighted by Gasteiger charge is 2.17. The number of alkyl halides is 1. The van der Waals surface area contributed by atoms with Crippen molar-refractivity contribution in [1.29, 1.82) is 0 Å². The van der Waals surface area contributed by atoms with E-state index in [0.717, 1.165) is 5.56 Å². The van der Waals surface area contributed by atoms with Crippen molar-refractivity contribution in [1.82, 2.24) is 0 Å². The van der Waals surface area contributed by atoms with Crippen LogP contribution in [-0.2, 0) is 14.9 Å². The number of esters is 1. The van der Waals surface area contributed by atoms with Crippen molar-refractivity contribution in [3.8, 4) is 0 Å². The lowest BCUT2D eigenvalue weighted by Crippen LogP contribution is -2.18. The van der Waals surface area contributed by atoms with E-state index >= 15 is 0 Å². The number of nitrogens with zero attached hydrogens (tertiary/aromatic N) is 1. The molecule has 0 radical (unpaired) electrons. The van der Waals surface area contributed by atoms with Crippen LogP contribution in [-0.4, -0.2) is 24.0 Å². The van der Waals surface area contributed by atoms with Gasteiger partial charge in [0.15, 0.2) is 5.71 Å². The second kappa shape index (κ2) is 5.50. The van der Waals surface area contributed by atoms with E-state index < -0.39 is 5.97 Å². The minimum Gasteiger partial charge on any atom is -0.464 e. The number of carbonyl (C=O) groups is 1. The van der Waals surface area contributed by atoms with E-state index in [1.165, 1.54) is 7.11 Å². The molecule has 0 fully saturated rings. The van der Waals surface area contributed by atoms with Crippen molar-refractivity contribution in [2.75, 3.05) is 7.11 Å². The lowest BCUT2D eigenvalue weighted by molar-refractivity contribution is -0.132. The summed E-state index contributed by atoms with van der Waals surface area (Å²) in [7, 11) is 1.24. The highest BCUT2D eigenvalue weighted by atomic mass is 79.9. The van der Waals surface area contributed by atoms with Gasteiger partial charge in [0.05, 0.1) is 7.11 Å². The lowest BCUT2D eigenvalue weighted by Gasteiger charge is -2.06. The summed E-state index contributed by atoms with van der Waals surface area (Å²) in [6.45, 7) is 0. The Morgan fingerprint density at radius 2 is 2.20 bits per heavy atom. The monoisotopic (exact) mass is 271 g/mol. The molecule has 15 heavy (non-hydrogen) atoms. The predicted octanol–water partition coefficient (Wildman–Crippen LogP) is 1.93. The van der Waals surface area contributed by atoms with Crippen LogP contribution in [0.25, 0.3) is 0 Å². The molecular weight excluding hydrogens is 262 g/mol. The van der Waals surface area contributed by atoms with Gasteiger partial charge in [0, 0.05) is 10.9 Å². The van der Waals surface area contributed by atoms with E-state index in [0.29, 0.717) is 10.9 Å². The van der Waals surface area contributed by atoms with Crippen LogP contribution in [0.2, 0.25) is 0 Å². The third-order valence-corrected chi connectivity index (χ3v) is 2.50. The minimum absolute atomic E-state index is 0.0902. The Morgan fingerprint density at radius 1 is 1.53 bits per heavy atom. The molecule has 0 saturated carbocycles. The first-order valence-corrected chi connectivity index (χ1v) is 5.31. The molecule has 0 saturated heterocycles. The Labute approximate surface area is 95.7 Å². The number of benzene rings is 1. The highest BCUT2D eigenvalue weighted by Crippen LogP contribution is 2.14. The number of ether oxygens (including phenoxy) is 1. The van der Waals surface area contributed by atoms with Gasteiger partial charge in [0.25, 0.3) is 0 Å². The van der Waals surface area contributed by atoms with Crippen molar-refractivity contribution in [2.24, 2.45) is 5.16 Å². The first-order chi connectivity index (χ1) is 7.24. The van der Waals surface area contributed by atoms with E-state index in [1.807, 2.05) is 12.1 Å². The molecule has 0 aliphatic heterocycles. The van der Waals surface area contributed by atoms with Gasteiger partial charge in [0.1, 0.15) is 0 Å². The molecule has 0 amide bonds. The molecule has 4 nitrogen and oxygen atoms in total. The zero-order chi connectivity index (χ0) is 11.3. The second-order valence-electron chi connectivity index (χ2n) is 2.73. The van der Waals surface area contributed by atoms with Crippen LogP contribution in [0.4, 0.5) is 0 Å². The predicted molar refractivity (Wildman–Crippen MR) is 59.4 cm³/mol. The molecule has 0 spiro atoms. The van der Waals surface area contributed by atoms with Gasteiger partial charge in [0.2, 0.25) is 0 Å². The molecule has 80 valence electrons. The van der Waals surface area contributed by atoms with Gasteiger partial charge < -0.3 is 9.94 Å². The molecule has 1 aromatic rings. The number of methoxy groups -OCH3 is 1. The molecule has 1 N–H and O–H groups in total. The minimum atomic E-state index is -0.661. The molecule has 0 atom stereocenters. The smallest absolute Gasteiger partial charge is 0.360 e. The van der Waals surface area contributed by atoms with E-state index in [-0.39, 0.29) is 5.71 Å². The maximum atomic E-state index is 11.3. The van der Waals surface area contributed by atoms with Crippen molar-refractivity contribution < 1.29 is 14.7 Å². The summed E-state index contributed by atoms with van der Waals surface area (Å²) in [6, 6.07) is 7.13. The van der Waals surface area contributed by atoms with Gasteiger partial charge in [-0.05, 0) is 5.56 Å². The molecule has 0 aliphatic rings. The highest BCUT2D eigenvalue weighted by molar-refractivity contribution is 9.08. The molecule has 0 aliphatic carbocycles. The SMILES string of the molecule is COC(=O)/C(=N\O)c1ccccc1CBr. The van der Waals surface area contributed by atoms with Crippen molar-refractivity contribution in [3.63, 3.8) is 0 Å². The number of hydrogen-bond donors (Lipinski definition) is 1. The van der Waals surface area contributed by atoms with Crippen molar-refractivity contribution in [2.45, 2.75) is 5.33 Å². The third kappa shape index (κ3) is 2.56. The van der Waals surface area contributed by atoms with Crippen LogP contribution >= 0.6 is 15.9 Å². The van der Waals surface area contributed by atoms with Gasteiger partial charge in [-0.1, -0.05) is 45.4 Å². The van der Waals surface area contributed by atoms with Crippen LogP contribution in [0.5, 0.6) is 0 Å². The molecule has 5 heteroatoms. The maximum Gasteiger partial charge on any atom is 0.360 e. The molecule has 0 heterocycles. The van der Waals surface area contributed by atoms with E-state index in [2.05, 4.69) is 25.8 Å². The summed E-state index contributed by atoms with van der Waals surface area (Å²) in [5.74, 6) is -0.661. The van der Waals surface area contributed by atoms with Gasteiger partial charge in [-0.2, -0.15) is 0 Å². The molecule has 1 aromatic carbocycles. The van der Waals surface area contributed by atoms with Crippen molar-refractivity contribution in [3.05, 3.63) is 35.4 Å². The summed E-state index contributed by atoms with van der Waals surface area (Å²) in [6.07, 6.45) is 0. The third-order valence-electron chi connectivity index (χ3n) is 1.90. The summed E-state index contributed by atoms with van der Waals surface area (Å²) in [4.78, 5) is 11.3. The average Bonchev–Trinajstić information content (AvgIpc) is 2.30. The van der Waals surface area contributed by atoms with Crippen molar-refractivity contribution >= 4 is 27.6 Å². The molecule has 0 unspecified atom stereocenters. The molecule has 1 rings (SSSR count). The van der Waals surface area contributed by atoms with Gasteiger partial charge in [-0.15, -0.1) is 0 Å². The van der Waals surface area contributed by atoms with Crippen LogP contribution < -0.4 is 0 Å². The van der Waals surface area contributed by atoms with Gasteiger partial charge in [-0.25, -0.2) is 4.79 Å². The standard InChI is InChI=1S/C10H10BrNO3/c1-15-10(13)9(12-14)8-5-3-2-4-7(8)6-11/h2-5,14H,6H2,1H3/b12-9-. The lowest BCUT2D eigenvalue weighted by atomic mass is 10.0. The maximum absolute atomic E-state index is 11.3. The number of rotatable bonds is 3. The zero-order valence-corrected chi connectivity index (χ0v) is 9.69. The Hall–Kier alpha value is -1.36. The Morgan fingerprint density at radius 3 is 2.73 bits per heavy atom. The average molecular weight is 272 g/mol. The number of halogens is 1. The van der Waals surface area contributed by atoms with Crippen LogP contribution in [0.3, 0.4) is 0 Å². The number of carbonyl (C=O) groups excluding carboxylic acids is 1. The normalized spacial score (nSPS) is 11.2. The summed E-state index contributed by atoms with van der Waals surface area (Å²) < 4.78 is 4.51. The summed E-state index contributed by atoms with van der Waals surface area (Å²) in [5, 5.41) is 12.3. The first-order valence-electron chi connectivity index (χ1n) is 4.19. The van der Waals surface area contributed by atoms with Crippen LogP contribution in [0.1, 0.15) is 11.1 Å². The van der Waals surface area contributed by atoms with E-state index in [1.54, 1.807) is 12.1 Å². The van der Waals surface area contributed by atoms with Crippen LogP contribution in [0.15, 0.2) is 29.4 Å². The second-order valence-corrected chi connectivity index (χ2v) is 3.29. The van der Waals surface area contributed by atoms with Crippen LogP contribution in [0, 0.1) is 0 Å². The largest absolute Gasteiger partial charge is 0.464 e. The fourth-order valence-electron chi connectivity index (χ4n) is 1.17. The van der Waals surface area contributed by atoms with E-state index in [4.69, 9.17) is 5.21 Å². The number of hydrogen-bond acceptors (Lipinski definition) is 4. The summed E-state index contributed by atoms with van der Waals surface area (Å²) >= 11 is 3.29. The first kappa shape index (κ1) is 11.7. The number of oxime groups is 1. The molecule has 0 aromatic heterocycles. The van der Waals surface area contributed by atoms with E-state index in [9.17, 15) is 4.79 Å².